The van der Waals surface area contributed by atoms with Gasteiger partial charge >= 0.3 is 0 Å². The monoisotopic (exact) mass is 207 g/mol. The average molecular weight is 207 g/mol. The molecule has 2 heteroatoms. The van der Waals surface area contributed by atoms with Gasteiger partial charge < -0.3 is 5.73 Å². The van der Waals surface area contributed by atoms with Crippen LogP contribution in [0.3, 0.4) is 0 Å². The number of aryl methyl sites for hydroxylation is 2. The van der Waals surface area contributed by atoms with Gasteiger partial charge in [-0.05, 0) is 56.1 Å². The van der Waals surface area contributed by atoms with Crippen LogP contribution in [0.1, 0.15) is 47.0 Å². The average Bonchev–Trinajstić information content (AvgIpc) is 2.95. The molecule has 2 N–H and O–H groups in total. The van der Waals surface area contributed by atoms with Gasteiger partial charge in [-0.1, -0.05) is 0 Å². The Morgan fingerprint density at radius 3 is 2.79 bits per heavy atom. The molecule has 1 saturated carbocycles. The van der Waals surface area contributed by atoms with Gasteiger partial charge in [-0.15, -0.1) is 11.3 Å². The fourth-order valence-corrected chi connectivity index (χ4v) is 3.72. The van der Waals surface area contributed by atoms with Crippen LogP contribution in [0, 0.1) is 5.92 Å². The van der Waals surface area contributed by atoms with Crippen molar-refractivity contribution in [1.29, 1.82) is 0 Å². The molecule has 3 rings (SSSR count). The van der Waals surface area contributed by atoms with E-state index < -0.39 is 0 Å². The highest BCUT2D eigenvalue weighted by molar-refractivity contribution is 7.12. The fourth-order valence-electron chi connectivity index (χ4n) is 2.37. The van der Waals surface area contributed by atoms with Crippen molar-refractivity contribution in [2.24, 2.45) is 11.7 Å². The Labute approximate surface area is 89.3 Å². The predicted octanol–water partition coefficient (Wildman–Crippen LogP) is 3.04. The maximum Gasteiger partial charge on any atom is 0.0418 e. The van der Waals surface area contributed by atoms with E-state index in [4.69, 9.17) is 5.73 Å². The van der Waals surface area contributed by atoms with E-state index in [1.165, 1.54) is 43.4 Å². The van der Waals surface area contributed by atoms with Gasteiger partial charge in [0.05, 0.1) is 0 Å². The van der Waals surface area contributed by atoms with Gasteiger partial charge in [0.15, 0.2) is 0 Å². The Morgan fingerprint density at radius 2 is 2.07 bits per heavy atom. The van der Waals surface area contributed by atoms with Crippen LogP contribution in [0.2, 0.25) is 0 Å². The van der Waals surface area contributed by atoms with Crippen molar-refractivity contribution in [2.75, 3.05) is 0 Å². The molecular weight excluding hydrogens is 190 g/mol. The normalized spacial score (nSPS) is 23.2. The number of fused-ring (bicyclic) bond motifs is 1. The van der Waals surface area contributed by atoms with Crippen LogP contribution >= 0.6 is 11.3 Å². The second-order valence-corrected chi connectivity index (χ2v) is 5.84. The largest absolute Gasteiger partial charge is 0.323 e. The molecule has 14 heavy (non-hydrogen) atoms. The van der Waals surface area contributed by atoms with Crippen LogP contribution in [0.15, 0.2) is 6.07 Å². The quantitative estimate of drug-likeness (QED) is 0.792. The molecule has 1 unspecified atom stereocenters. The number of rotatable bonds is 2. The summed E-state index contributed by atoms with van der Waals surface area (Å²) in [6.07, 6.45) is 8.06. The summed E-state index contributed by atoms with van der Waals surface area (Å²) in [5.74, 6) is 0.801. The number of hydrogen-bond acceptors (Lipinski definition) is 2. The van der Waals surface area contributed by atoms with Gasteiger partial charge in [0.2, 0.25) is 0 Å². The van der Waals surface area contributed by atoms with Crippen molar-refractivity contribution in [1.82, 2.24) is 0 Å². The summed E-state index contributed by atoms with van der Waals surface area (Å²) in [6.45, 7) is 0. The molecule has 1 aromatic heterocycles. The first kappa shape index (κ1) is 8.93. The van der Waals surface area contributed by atoms with Gasteiger partial charge in [0.25, 0.3) is 0 Å². The van der Waals surface area contributed by atoms with Crippen LogP contribution < -0.4 is 5.73 Å². The third-order valence-corrected chi connectivity index (χ3v) is 4.81. The molecule has 0 aliphatic heterocycles. The van der Waals surface area contributed by atoms with Crippen molar-refractivity contribution in [3.05, 3.63) is 21.4 Å². The third kappa shape index (κ3) is 1.51. The Bertz CT molecular complexity index is 315. The molecule has 0 spiro atoms. The standard InChI is InChI=1S/C12H17NS/c13-12(8-5-6-8)11-7-9-3-1-2-4-10(9)14-11/h7-8,12H,1-6,13H2. The molecule has 2 aliphatic rings. The topological polar surface area (TPSA) is 26.0 Å². The van der Waals surface area contributed by atoms with E-state index in [1.54, 1.807) is 10.4 Å². The van der Waals surface area contributed by atoms with Gasteiger partial charge in [0.1, 0.15) is 0 Å². The molecule has 2 aliphatic carbocycles. The zero-order valence-corrected chi connectivity index (χ0v) is 9.28. The Hall–Kier alpha value is -0.340. The minimum atomic E-state index is 0.352. The molecule has 1 nitrogen and oxygen atoms in total. The minimum Gasteiger partial charge on any atom is -0.323 e. The zero-order valence-electron chi connectivity index (χ0n) is 8.46. The lowest BCUT2D eigenvalue weighted by Gasteiger charge is -2.08. The molecular formula is C12H17NS. The Morgan fingerprint density at radius 1 is 1.29 bits per heavy atom. The Balaban J connectivity index is 1.87. The SMILES string of the molecule is NC(c1cc2c(s1)CCCC2)C1CC1. The van der Waals surface area contributed by atoms with E-state index >= 15 is 0 Å². The maximum absolute atomic E-state index is 6.22. The Kier molecular flexibility index (Phi) is 2.14. The smallest absolute Gasteiger partial charge is 0.0418 e. The first-order valence-corrected chi connectivity index (χ1v) is 6.53. The lowest BCUT2D eigenvalue weighted by molar-refractivity contribution is 0.643. The summed E-state index contributed by atoms with van der Waals surface area (Å²) in [5.41, 5.74) is 7.83. The molecule has 0 saturated heterocycles. The van der Waals surface area contributed by atoms with Crippen LogP contribution in [0.5, 0.6) is 0 Å². The molecule has 0 bridgehead atoms. The van der Waals surface area contributed by atoms with Crippen molar-refractivity contribution in [3.63, 3.8) is 0 Å². The molecule has 0 amide bonds. The molecule has 76 valence electrons. The minimum absolute atomic E-state index is 0.352. The highest BCUT2D eigenvalue weighted by atomic mass is 32.1. The molecule has 0 radical (unpaired) electrons. The van der Waals surface area contributed by atoms with Crippen molar-refractivity contribution >= 4 is 11.3 Å². The second kappa shape index (κ2) is 3.35. The number of thiophene rings is 1. The van der Waals surface area contributed by atoms with Gasteiger partial charge in [0, 0.05) is 15.8 Å². The van der Waals surface area contributed by atoms with E-state index in [2.05, 4.69) is 6.07 Å². The lowest BCUT2D eigenvalue weighted by atomic mass is 9.98. The molecule has 1 heterocycles. The molecule has 1 aromatic rings. The summed E-state index contributed by atoms with van der Waals surface area (Å²) in [4.78, 5) is 3.08. The first-order chi connectivity index (χ1) is 6.84. The van der Waals surface area contributed by atoms with Crippen molar-refractivity contribution in [3.8, 4) is 0 Å². The highest BCUT2D eigenvalue weighted by Gasteiger charge is 2.31. The summed E-state index contributed by atoms with van der Waals surface area (Å²) in [5, 5.41) is 0. The maximum atomic E-state index is 6.22. The molecule has 1 atom stereocenters. The number of nitrogens with two attached hydrogens (primary N) is 1. The predicted molar refractivity (Wildman–Crippen MR) is 60.6 cm³/mol. The summed E-state index contributed by atoms with van der Waals surface area (Å²) >= 11 is 1.99. The van der Waals surface area contributed by atoms with Gasteiger partial charge in [-0.25, -0.2) is 0 Å². The summed E-state index contributed by atoms with van der Waals surface area (Å²) in [6, 6.07) is 2.74. The van der Waals surface area contributed by atoms with Gasteiger partial charge in [-0.2, -0.15) is 0 Å². The van der Waals surface area contributed by atoms with Crippen LogP contribution in [-0.2, 0) is 12.8 Å². The number of hydrogen-bond donors (Lipinski definition) is 1. The van der Waals surface area contributed by atoms with E-state index in [0.717, 1.165) is 5.92 Å². The van der Waals surface area contributed by atoms with E-state index in [1.807, 2.05) is 11.3 Å². The second-order valence-electron chi connectivity index (χ2n) is 4.67. The van der Waals surface area contributed by atoms with Crippen LogP contribution in [0.25, 0.3) is 0 Å². The fraction of sp³-hybridized carbons (Fsp3) is 0.667. The lowest BCUT2D eigenvalue weighted by Crippen LogP contribution is -2.10. The summed E-state index contributed by atoms with van der Waals surface area (Å²) in [7, 11) is 0. The van der Waals surface area contributed by atoms with E-state index in [-0.39, 0.29) is 0 Å². The third-order valence-electron chi connectivity index (χ3n) is 3.47. The van der Waals surface area contributed by atoms with Crippen LogP contribution in [-0.4, -0.2) is 0 Å². The van der Waals surface area contributed by atoms with E-state index in [9.17, 15) is 0 Å². The van der Waals surface area contributed by atoms with E-state index in [0.29, 0.717) is 6.04 Å². The van der Waals surface area contributed by atoms with Crippen molar-refractivity contribution in [2.45, 2.75) is 44.6 Å². The highest BCUT2D eigenvalue weighted by Crippen LogP contribution is 2.43. The van der Waals surface area contributed by atoms with Crippen molar-refractivity contribution < 1.29 is 0 Å². The molecule has 0 aromatic carbocycles. The zero-order chi connectivity index (χ0) is 9.54. The summed E-state index contributed by atoms with van der Waals surface area (Å²) < 4.78 is 0. The molecule has 1 fully saturated rings. The van der Waals surface area contributed by atoms with Gasteiger partial charge in [-0.3, -0.25) is 0 Å². The van der Waals surface area contributed by atoms with Crippen LogP contribution in [0.4, 0.5) is 0 Å². The first-order valence-electron chi connectivity index (χ1n) is 5.71.